The highest BCUT2D eigenvalue weighted by atomic mass is 32.1. The summed E-state index contributed by atoms with van der Waals surface area (Å²) in [6.07, 6.45) is 0.667. The zero-order valence-corrected chi connectivity index (χ0v) is 20.4. The molecule has 1 aliphatic rings. The Bertz CT molecular complexity index is 1250. The maximum atomic E-state index is 13.4. The Morgan fingerprint density at radius 3 is 2.69 bits per heavy atom. The van der Waals surface area contributed by atoms with Crippen LogP contribution in [0.1, 0.15) is 54.4 Å². The van der Waals surface area contributed by atoms with E-state index >= 15 is 0 Å². The fourth-order valence-corrected chi connectivity index (χ4v) is 4.64. The number of amides is 1. The Morgan fingerprint density at radius 2 is 2.06 bits per heavy atom. The van der Waals surface area contributed by atoms with Crippen molar-refractivity contribution < 1.29 is 27.4 Å². The minimum absolute atomic E-state index is 0.00285. The van der Waals surface area contributed by atoms with Crippen molar-refractivity contribution in [2.75, 3.05) is 6.61 Å². The molecule has 1 unspecified atom stereocenters. The van der Waals surface area contributed by atoms with Crippen LogP contribution in [-0.2, 0) is 22.9 Å². The van der Waals surface area contributed by atoms with E-state index in [1.54, 1.807) is 18.2 Å². The van der Waals surface area contributed by atoms with Gasteiger partial charge in [0.2, 0.25) is 5.88 Å². The van der Waals surface area contributed by atoms with Crippen LogP contribution in [0, 0.1) is 0 Å². The van der Waals surface area contributed by atoms with Crippen molar-refractivity contribution in [1.29, 1.82) is 0 Å². The van der Waals surface area contributed by atoms with Gasteiger partial charge in [-0.3, -0.25) is 4.79 Å². The van der Waals surface area contributed by atoms with Gasteiger partial charge in [-0.25, -0.2) is 4.98 Å². The highest BCUT2D eigenvalue weighted by Crippen LogP contribution is 2.34. The lowest BCUT2D eigenvalue weighted by molar-refractivity contribution is -0.137. The van der Waals surface area contributed by atoms with Crippen LogP contribution in [0.25, 0.3) is 0 Å². The molecule has 1 amide bonds. The summed E-state index contributed by atoms with van der Waals surface area (Å²) in [4.78, 5) is 23.0. The third-order valence-corrected chi connectivity index (χ3v) is 6.92. The molecule has 3 heterocycles. The molecule has 3 aromatic rings. The Hall–Kier alpha value is -2.98. The Kier molecular flexibility index (Phi) is 7.14. The first-order chi connectivity index (χ1) is 16.5. The van der Waals surface area contributed by atoms with Gasteiger partial charge in [-0.1, -0.05) is 26.8 Å². The number of benzene rings is 1. The van der Waals surface area contributed by atoms with Crippen molar-refractivity contribution in [2.45, 2.75) is 57.9 Å². The van der Waals surface area contributed by atoms with Gasteiger partial charge in [-0.05, 0) is 42.5 Å². The number of carbonyl (C=O) groups is 1. The first-order valence-electron chi connectivity index (χ1n) is 11.2. The van der Waals surface area contributed by atoms with Gasteiger partial charge in [0.25, 0.3) is 5.91 Å². The van der Waals surface area contributed by atoms with Crippen LogP contribution in [-0.4, -0.2) is 28.2 Å². The second-order valence-electron chi connectivity index (χ2n) is 9.31. The molecule has 4 rings (SSSR count). The zero-order chi connectivity index (χ0) is 25.2. The summed E-state index contributed by atoms with van der Waals surface area (Å²) < 4.78 is 53.5. The average Bonchev–Trinajstić information content (AvgIpc) is 3.44. The summed E-state index contributed by atoms with van der Waals surface area (Å²) >= 11 is 1.34. The van der Waals surface area contributed by atoms with Crippen LogP contribution >= 0.6 is 11.3 Å². The molecular weight excluding hydrogens is 479 g/mol. The molecule has 0 aliphatic carbocycles. The van der Waals surface area contributed by atoms with E-state index in [-0.39, 0.29) is 28.7 Å². The Morgan fingerprint density at radius 1 is 1.26 bits per heavy atom. The molecule has 1 atom stereocenters. The summed E-state index contributed by atoms with van der Waals surface area (Å²) in [6, 6.07) is 7.66. The summed E-state index contributed by atoms with van der Waals surface area (Å²) in [5.41, 5.74) is -1.44. The monoisotopic (exact) mass is 505 g/mol. The molecule has 0 N–H and O–H groups in total. The van der Waals surface area contributed by atoms with Crippen molar-refractivity contribution in [3.05, 3.63) is 69.6 Å². The topological polar surface area (TPSA) is 65.7 Å². The van der Waals surface area contributed by atoms with E-state index in [1.165, 1.54) is 17.5 Å². The van der Waals surface area contributed by atoms with Crippen LogP contribution in [0.15, 0.2) is 53.8 Å². The van der Waals surface area contributed by atoms with Crippen molar-refractivity contribution in [3.63, 3.8) is 0 Å². The first-order valence-corrected chi connectivity index (χ1v) is 12.0. The lowest BCUT2D eigenvalue weighted by Crippen LogP contribution is -2.23. The predicted octanol–water partition coefficient (Wildman–Crippen LogP) is 5.97. The molecule has 186 valence electrons. The van der Waals surface area contributed by atoms with Gasteiger partial charge in [0.1, 0.15) is 5.75 Å². The summed E-state index contributed by atoms with van der Waals surface area (Å²) in [6.45, 7) is 7.34. The van der Waals surface area contributed by atoms with E-state index in [4.69, 9.17) is 9.47 Å². The Labute approximate surface area is 205 Å². The number of rotatable bonds is 5. The molecule has 0 radical (unpaired) electrons. The van der Waals surface area contributed by atoms with Gasteiger partial charge < -0.3 is 14.0 Å². The van der Waals surface area contributed by atoms with Gasteiger partial charge in [-0.2, -0.15) is 18.2 Å². The zero-order valence-electron chi connectivity index (χ0n) is 19.6. The normalized spacial score (nSPS) is 17.1. The van der Waals surface area contributed by atoms with Gasteiger partial charge >= 0.3 is 6.18 Å². The molecule has 6 nitrogen and oxygen atoms in total. The van der Waals surface area contributed by atoms with Crippen molar-refractivity contribution in [2.24, 2.45) is 4.99 Å². The maximum absolute atomic E-state index is 13.4. The van der Waals surface area contributed by atoms with Crippen LogP contribution in [0.4, 0.5) is 13.2 Å². The molecule has 1 fully saturated rings. The molecule has 0 saturated carbocycles. The highest BCUT2D eigenvalue weighted by Gasteiger charge is 2.32. The number of alkyl halides is 3. The number of aromatic nitrogens is 2. The van der Waals surface area contributed by atoms with E-state index < -0.39 is 17.6 Å². The fraction of sp³-hybridized carbons (Fsp3) is 0.400. The maximum Gasteiger partial charge on any atom is 0.416 e. The number of ether oxygens (including phenoxy) is 2. The SMILES string of the molecule is CC(C)(C)c1cn(CC2CCCO2)c(=NC(=O)c2cc(C(F)(F)F)ccc2Oc2ccccn2)s1. The van der Waals surface area contributed by atoms with Crippen LogP contribution in [0.2, 0.25) is 0 Å². The highest BCUT2D eigenvalue weighted by molar-refractivity contribution is 7.09. The molecule has 1 saturated heterocycles. The quantitative estimate of drug-likeness (QED) is 0.428. The second kappa shape index (κ2) is 9.94. The molecule has 0 spiro atoms. The molecule has 10 heteroatoms. The minimum Gasteiger partial charge on any atom is -0.438 e. The average molecular weight is 506 g/mol. The van der Waals surface area contributed by atoms with Gasteiger partial charge in [0, 0.05) is 29.9 Å². The fourth-order valence-electron chi connectivity index (χ4n) is 3.58. The summed E-state index contributed by atoms with van der Waals surface area (Å²) in [7, 11) is 0. The van der Waals surface area contributed by atoms with Gasteiger partial charge in [0.05, 0.1) is 23.8 Å². The number of pyridine rings is 1. The lowest BCUT2D eigenvalue weighted by atomic mass is 9.95. The number of halogens is 3. The van der Waals surface area contributed by atoms with Crippen LogP contribution < -0.4 is 9.54 Å². The smallest absolute Gasteiger partial charge is 0.416 e. The van der Waals surface area contributed by atoms with E-state index in [2.05, 4.69) is 9.98 Å². The molecule has 35 heavy (non-hydrogen) atoms. The standard InChI is InChI=1S/C25H26F3N3O3S/c1-24(2,3)20-15-31(14-17-7-6-12-33-17)23(35-20)30-22(32)18-13-16(25(26,27)28)9-10-19(18)34-21-8-4-5-11-29-21/h4-5,8-11,13,15,17H,6-7,12,14H2,1-3H3. The summed E-state index contributed by atoms with van der Waals surface area (Å²) in [5.74, 6) is -0.727. The number of hydrogen-bond acceptors (Lipinski definition) is 5. The van der Waals surface area contributed by atoms with Crippen LogP contribution in [0.3, 0.4) is 0 Å². The largest absolute Gasteiger partial charge is 0.438 e. The number of thiazole rings is 1. The molecule has 2 aromatic heterocycles. The van der Waals surface area contributed by atoms with Crippen molar-refractivity contribution in [1.82, 2.24) is 9.55 Å². The minimum atomic E-state index is -4.62. The van der Waals surface area contributed by atoms with Gasteiger partial charge in [-0.15, -0.1) is 11.3 Å². The predicted molar refractivity (Wildman–Crippen MR) is 126 cm³/mol. The second-order valence-corrected chi connectivity index (χ2v) is 10.3. The third kappa shape index (κ3) is 6.18. The lowest BCUT2D eigenvalue weighted by Gasteiger charge is -2.15. The van der Waals surface area contributed by atoms with E-state index in [0.717, 1.165) is 35.9 Å². The van der Waals surface area contributed by atoms with Crippen molar-refractivity contribution >= 4 is 17.2 Å². The first kappa shape index (κ1) is 25.1. The van der Waals surface area contributed by atoms with Crippen LogP contribution in [0.5, 0.6) is 11.6 Å². The molecular formula is C25H26F3N3O3S. The molecule has 1 aliphatic heterocycles. The third-order valence-electron chi connectivity index (χ3n) is 5.47. The molecule has 0 bridgehead atoms. The van der Waals surface area contributed by atoms with E-state index in [1.807, 2.05) is 31.5 Å². The number of carbonyl (C=O) groups excluding carboxylic acids is 1. The molecule has 1 aromatic carbocycles. The van der Waals surface area contributed by atoms with E-state index in [0.29, 0.717) is 18.0 Å². The van der Waals surface area contributed by atoms with Crippen molar-refractivity contribution in [3.8, 4) is 11.6 Å². The number of hydrogen-bond donors (Lipinski definition) is 0. The van der Waals surface area contributed by atoms with E-state index in [9.17, 15) is 18.0 Å². The van der Waals surface area contributed by atoms with Gasteiger partial charge in [0.15, 0.2) is 4.80 Å². The summed E-state index contributed by atoms with van der Waals surface area (Å²) in [5, 5.41) is 0. The number of nitrogens with zero attached hydrogens (tertiary/aromatic N) is 3. The Balaban J connectivity index is 1.77.